The van der Waals surface area contributed by atoms with E-state index in [0.29, 0.717) is 35.0 Å². The molecule has 0 spiro atoms. The number of methoxy groups -OCH3 is 1. The van der Waals surface area contributed by atoms with Gasteiger partial charge in [-0.15, -0.1) is 0 Å². The average Bonchev–Trinajstić information content (AvgIpc) is 3.23. The molecule has 2 aromatic heterocycles. The van der Waals surface area contributed by atoms with Crippen molar-refractivity contribution in [2.75, 3.05) is 11.8 Å². The minimum atomic E-state index is -3.92. The summed E-state index contributed by atoms with van der Waals surface area (Å²) in [5.41, 5.74) is 5.88. The van der Waals surface area contributed by atoms with Crippen LogP contribution in [0.5, 0.6) is 11.5 Å². The van der Waals surface area contributed by atoms with Crippen molar-refractivity contribution in [1.82, 2.24) is 10.1 Å². The molecular formula is C30H35N3O5S. The summed E-state index contributed by atoms with van der Waals surface area (Å²) in [6, 6.07) is 14.9. The third-order valence-corrected chi connectivity index (χ3v) is 8.06. The summed E-state index contributed by atoms with van der Waals surface area (Å²) in [7, 11) is -2.31. The SMILES string of the molecule is CCCc1cc(COc2cc(CC)nc(C)c2OC)ccc1-c1ccccc1S(=O)(=O)Nc1noc(C)c1C. The predicted molar refractivity (Wildman–Crippen MR) is 152 cm³/mol. The number of hydrogen-bond acceptors (Lipinski definition) is 7. The number of ether oxygens (including phenoxy) is 2. The fourth-order valence-corrected chi connectivity index (χ4v) is 5.77. The van der Waals surface area contributed by atoms with Crippen LogP contribution in [-0.2, 0) is 29.5 Å². The number of rotatable bonds is 11. The van der Waals surface area contributed by atoms with E-state index in [1.807, 2.05) is 37.3 Å². The van der Waals surface area contributed by atoms with Crippen LogP contribution >= 0.6 is 0 Å². The molecule has 9 heteroatoms. The van der Waals surface area contributed by atoms with E-state index in [0.717, 1.165) is 47.3 Å². The van der Waals surface area contributed by atoms with Gasteiger partial charge in [-0.2, -0.15) is 0 Å². The molecule has 0 aliphatic rings. The van der Waals surface area contributed by atoms with Crippen LogP contribution in [-0.4, -0.2) is 25.7 Å². The smallest absolute Gasteiger partial charge is 0.263 e. The molecule has 4 rings (SSSR count). The number of benzene rings is 2. The molecule has 39 heavy (non-hydrogen) atoms. The van der Waals surface area contributed by atoms with Crippen LogP contribution in [0.2, 0.25) is 0 Å². The van der Waals surface area contributed by atoms with Crippen LogP contribution in [0, 0.1) is 20.8 Å². The van der Waals surface area contributed by atoms with E-state index in [1.54, 1.807) is 33.1 Å². The lowest BCUT2D eigenvalue weighted by Crippen LogP contribution is -2.15. The molecule has 1 N–H and O–H groups in total. The van der Waals surface area contributed by atoms with E-state index in [2.05, 4.69) is 34.8 Å². The zero-order valence-corrected chi connectivity index (χ0v) is 24.1. The van der Waals surface area contributed by atoms with Gasteiger partial charge in [-0.1, -0.05) is 61.8 Å². The molecule has 0 aliphatic carbocycles. The third-order valence-electron chi connectivity index (χ3n) is 6.67. The Morgan fingerprint density at radius 3 is 2.44 bits per heavy atom. The van der Waals surface area contributed by atoms with Gasteiger partial charge in [0.05, 0.1) is 17.7 Å². The van der Waals surface area contributed by atoms with Crippen LogP contribution in [0.15, 0.2) is 57.9 Å². The van der Waals surface area contributed by atoms with Crippen molar-refractivity contribution in [3.63, 3.8) is 0 Å². The molecule has 4 aromatic rings. The Hall–Kier alpha value is -3.85. The largest absolute Gasteiger partial charge is 0.491 e. The Kier molecular flexibility index (Phi) is 8.60. The highest BCUT2D eigenvalue weighted by atomic mass is 32.2. The van der Waals surface area contributed by atoms with E-state index < -0.39 is 10.0 Å². The fraction of sp³-hybridized carbons (Fsp3) is 0.333. The number of aromatic nitrogens is 2. The molecule has 8 nitrogen and oxygen atoms in total. The molecule has 0 aliphatic heterocycles. The summed E-state index contributed by atoms with van der Waals surface area (Å²) in [5.74, 6) is 2.04. The molecule has 0 fully saturated rings. The van der Waals surface area contributed by atoms with E-state index in [-0.39, 0.29) is 10.7 Å². The maximum absolute atomic E-state index is 13.5. The first-order valence-corrected chi connectivity index (χ1v) is 14.5. The number of sulfonamides is 1. The van der Waals surface area contributed by atoms with Gasteiger partial charge in [0.25, 0.3) is 10.0 Å². The van der Waals surface area contributed by atoms with Gasteiger partial charge in [-0.05, 0) is 56.4 Å². The lowest BCUT2D eigenvalue weighted by atomic mass is 9.95. The minimum absolute atomic E-state index is 0.176. The zero-order chi connectivity index (χ0) is 28.2. The molecule has 206 valence electrons. The van der Waals surface area contributed by atoms with Gasteiger partial charge in [0.2, 0.25) is 0 Å². The molecule has 0 radical (unpaired) electrons. The van der Waals surface area contributed by atoms with Crippen LogP contribution < -0.4 is 14.2 Å². The van der Waals surface area contributed by atoms with Gasteiger partial charge in [0, 0.05) is 22.9 Å². The molecule has 2 heterocycles. The minimum Gasteiger partial charge on any atom is -0.491 e. The van der Waals surface area contributed by atoms with Gasteiger partial charge < -0.3 is 14.0 Å². The standard InChI is InChI=1S/C30H35N3O5S/c1-7-11-23-16-22(18-37-27-17-24(8-2)31-20(4)29(27)36-6)14-15-25(23)26-12-9-10-13-28(26)39(34,35)33-30-19(3)21(5)38-32-30/h9-10,12-17H,7-8,11,18H2,1-6H3,(H,32,33). The maximum Gasteiger partial charge on any atom is 0.263 e. The third kappa shape index (κ3) is 6.09. The van der Waals surface area contributed by atoms with Crippen LogP contribution in [0.25, 0.3) is 11.1 Å². The summed E-state index contributed by atoms with van der Waals surface area (Å²) in [6.45, 7) is 9.91. The van der Waals surface area contributed by atoms with E-state index >= 15 is 0 Å². The number of pyridine rings is 1. The highest BCUT2D eigenvalue weighted by Crippen LogP contribution is 2.34. The Morgan fingerprint density at radius 2 is 1.77 bits per heavy atom. The first-order chi connectivity index (χ1) is 18.7. The second-order valence-electron chi connectivity index (χ2n) is 9.43. The van der Waals surface area contributed by atoms with E-state index in [9.17, 15) is 8.42 Å². The van der Waals surface area contributed by atoms with Crippen molar-refractivity contribution < 1.29 is 22.4 Å². The number of hydrogen-bond donors (Lipinski definition) is 1. The molecule has 0 saturated carbocycles. The number of nitrogens with zero attached hydrogens (tertiary/aromatic N) is 2. The molecule has 0 unspecified atom stereocenters. The zero-order valence-electron chi connectivity index (χ0n) is 23.3. The number of nitrogens with one attached hydrogen (secondary N) is 1. The molecular weight excluding hydrogens is 514 g/mol. The van der Waals surface area contributed by atoms with E-state index in [4.69, 9.17) is 14.0 Å². The van der Waals surface area contributed by atoms with Gasteiger partial charge >= 0.3 is 0 Å². The summed E-state index contributed by atoms with van der Waals surface area (Å²) < 4.78 is 46.4. The van der Waals surface area contributed by atoms with Crippen molar-refractivity contribution in [3.05, 3.63) is 82.4 Å². The van der Waals surface area contributed by atoms with Crippen molar-refractivity contribution in [3.8, 4) is 22.6 Å². The van der Waals surface area contributed by atoms with Crippen LogP contribution in [0.1, 0.15) is 54.1 Å². The first kappa shape index (κ1) is 28.2. The van der Waals surface area contributed by atoms with Gasteiger partial charge in [-0.25, -0.2) is 8.42 Å². The molecule has 0 amide bonds. The summed E-state index contributed by atoms with van der Waals surface area (Å²) in [4.78, 5) is 4.73. The second kappa shape index (κ2) is 11.9. The monoisotopic (exact) mass is 549 g/mol. The molecule has 0 atom stereocenters. The topological polar surface area (TPSA) is 104 Å². The maximum atomic E-state index is 13.5. The summed E-state index contributed by atoms with van der Waals surface area (Å²) in [5, 5.41) is 3.87. The lowest BCUT2D eigenvalue weighted by Gasteiger charge is -2.17. The Labute approximate surface area is 230 Å². The van der Waals surface area contributed by atoms with Crippen molar-refractivity contribution >= 4 is 15.8 Å². The Balaban J connectivity index is 1.67. The Bertz CT molecular complexity index is 1580. The summed E-state index contributed by atoms with van der Waals surface area (Å²) in [6.07, 6.45) is 2.48. The number of anilines is 1. The highest BCUT2D eigenvalue weighted by molar-refractivity contribution is 7.92. The molecule has 0 saturated heterocycles. The summed E-state index contributed by atoms with van der Waals surface area (Å²) >= 11 is 0. The predicted octanol–water partition coefficient (Wildman–Crippen LogP) is 6.57. The normalized spacial score (nSPS) is 11.4. The lowest BCUT2D eigenvalue weighted by molar-refractivity contribution is 0.282. The first-order valence-electron chi connectivity index (χ1n) is 13.0. The fourth-order valence-electron chi connectivity index (χ4n) is 4.49. The molecule has 0 bridgehead atoms. The van der Waals surface area contributed by atoms with Crippen LogP contribution in [0.4, 0.5) is 5.82 Å². The highest BCUT2D eigenvalue weighted by Gasteiger charge is 2.23. The van der Waals surface area contributed by atoms with Crippen molar-refractivity contribution in [1.29, 1.82) is 0 Å². The number of aryl methyl sites for hydroxylation is 4. The van der Waals surface area contributed by atoms with Crippen molar-refractivity contribution in [2.45, 2.75) is 65.4 Å². The quantitative estimate of drug-likeness (QED) is 0.226. The van der Waals surface area contributed by atoms with Crippen molar-refractivity contribution in [2.24, 2.45) is 0 Å². The van der Waals surface area contributed by atoms with E-state index in [1.165, 1.54) is 0 Å². The molecule has 2 aromatic carbocycles. The van der Waals surface area contributed by atoms with Gasteiger partial charge in [0.1, 0.15) is 12.4 Å². The van der Waals surface area contributed by atoms with Crippen LogP contribution in [0.3, 0.4) is 0 Å². The Morgan fingerprint density at radius 1 is 1.00 bits per heavy atom. The van der Waals surface area contributed by atoms with Gasteiger partial charge in [0.15, 0.2) is 17.3 Å². The second-order valence-corrected chi connectivity index (χ2v) is 11.1. The van der Waals surface area contributed by atoms with Gasteiger partial charge in [-0.3, -0.25) is 9.71 Å². The average molecular weight is 550 g/mol.